The molecule has 4 nitrogen and oxygen atoms in total. The predicted molar refractivity (Wildman–Crippen MR) is 58.7 cm³/mol. The number of carbonyl (C=O) groups is 1. The second-order valence-corrected chi connectivity index (χ2v) is 3.57. The maximum absolute atomic E-state index is 12.2. The summed E-state index contributed by atoms with van der Waals surface area (Å²) in [5.74, 6) is -0.773. The van der Waals surface area contributed by atoms with Gasteiger partial charge in [0.15, 0.2) is 0 Å². The lowest BCUT2D eigenvalue weighted by molar-refractivity contribution is -0.119. The largest absolute Gasteiger partial charge is 0.405 e. The fourth-order valence-electron chi connectivity index (χ4n) is 1.45. The maximum Gasteiger partial charge on any atom is 0.405 e. The summed E-state index contributed by atoms with van der Waals surface area (Å²) in [6.07, 6.45) is -4.34. The molecule has 0 unspecified atom stereocenters. The molecule has 0 bridgehead atoms. The fraction of sp³-hybridized carbons (Fsp3) is 0.300. The number of hydrogen-bond donors (Lipinski definition) is 2. The molecule has 0 fully saturated rings. The third-order valence-corrected chi connectivity index (χ3v) is 2.18. The average molecular weight is 247 g/mol. The highest BCUT2D eigenvalue weighted by atomic mass is 19.4. The van der Waals surface area contributed by atoms with E-state index in [4.69, 9.17) is 11.5 Å². The van der Waals surface area contributed by atoms with Crippen LogP contribution in [0.4, 0.5) is 24.5 Å². The Balaban J connectivity index is 3.07. The van der Waals surface area contributed by atoms with Crippen LogP contribution in [0.5, 0.6) is 0 Å². The van der Waals surface area contributed by atoms with Crippen molar-refractivity contribution >= 4 is 17.3 Å². The van der Waals surface area contributed by atoms with Crippen LogP contribution < -0.4 is 16.4 Å². The summed E-state index contributed by atoms with van der Waals surface area (Å²) in [7, 11) is 1.24. The van der Waals surface area contributed by atoms with Crippen LogP contribution >= 0.6 is 0 Å². The van der Waals surface area contributed by atoms with Crippen molar-refractivity contribution in [2.45, 2.75) is 6.18 Å². The van der Waals surface area contributed by atoms with Crippen LogP contribution in [0, 0.1) is 0 Å². The maximum atomic E-state index is 12.2. The Morgan fingerprint density at radius 2 is 2.00 bits per heavy atom. The van der Waals surface area contributed by atoms with E-state index in [1.165, 1.54) is 25.2 Å². The smallest absolute Gasteiger partial charge is 0.396 e. The number of primary amides is 1. The van der Waals surface area contributed by atoms with Gasteiger partial charge in [0.25, 0.3) is 5.91 Å². The molecule has 0 aliphatic carbocycles. The van der Waals surface area contributed by atoms with Crippen molar-refractivity contribution in [2.75, 3.05) is 24.2 Å². The van der Waals surface area contributed by atoms with Crippen molar-refractivity contribution in [1.29, 1.82) is 0 Å². The van der Waals surface area contributed by atoms with E-state index >= 15 is 0 Å². The van der Waals surface area contributed by atoms with E-state index < -0.39 is 18.6 Å². The number of anilines is 2. The molecule has 0 aliphatic heterocycles. The molecule has 1 aromatic rings. The minimum atomic E-state index is -4.34. The van der Waals surface area contributed by atoms with Gasteiger partial charge in [-0.1, -0.05) is 6.07 Å². The van der Waals surface area contributed by atoms with Crippen LogP contribution in [-0.4, -0.2) is 25.7 Å². The molecule has 0 aromatic heterocycles. The first-order chi connectivity index (χ1) is 7.72. The lowest BCUT2D eigenvalue weighted by atomic mass is 10.1. The number of benzene rings is 1. The molecule has 1 aromatic carbocycles. The number of halogens is 3. The van der Waals surface area contributed by atoms with E-state index in [1.807, 2.05) is 0 Å². The zero-order chi connectivity index (χ0) is 13.2. The first-order valence-electron chi connectivity index (χ1n) is 4.68. The van der Waals surface area contributed by atoms with Gasteiger partial charge in [-0.3, -0.25) is 4.79 Å². The Labute approximate surface area is 96.0 Å². The topological polar surface area (TPSA) is 72.3 Å². The van der Waals surface area contributed by atoms with Gasteiger partial charge in [0, 0.05) is 7.05 Å². The number of para-hydroxylation sites is 1. The molecule has 7 heteroatoms. The van der Waals surface area contributed by atoms with Gasteiger partial charge in [-0.15, -0.1) is 0 Å². The van der Waals surface area contributed by atoms with Crippen molar-refractivity contribution < 1.29 is 18.0 Å². The van der Waals surface area contributed by atoms with Gasteiger partial charge >= 0.3 is 6.18 Å². The minimum absolute atomic E-state index is 0.0107. The summed E-state index contributed by atoms with van der Waals surface area (Å²) >= 11 is 0. The molecule has 0 spiro atoms. The van der Waals surface area contributed by atoms with Gasteiger partial charge in [0.05, 0.1) is 16.9 Å². The number of rotatable bonds is 3. The van der Waals surface area contributed by atoms with Crippen LogP contribution in [0.1, 0.15) is 10.4 Å². The van der Waals surface area contributed by atoms with Crippen LogP contribution in [0.2, 0.25) is 0 Å². The molecule has 1 rings (SSSR count). The summed E-state index contributed by atoms with van der Waals surface area (Å²) in [6, 6.07) is 4.19. The molecule has 1 amide bonds. The monoisotopic (exact) mass is 247 g/mol. The molecule has 0 atom stereocenters. The summed E-state index contributed by atoms with van der Waals surface area (Å²) in [4.78, 5) is 11.9. The van der Waals surface area contributed by atoms with E-state index in [1.54, 1.807) is 0 Å². The quantitative estimate of drug-likeness (QED) is 0.792. The highest BCUT2D eigenvalue weighted by Gasteiger charge is 2.30. The summed E-state index contributed by atoms with van der Waals surface area (Å²) in [6.45, 7) is -1.15. The molecular weight excluding hydrogens is 235 g/mol. The Morgan fingerprint density at radius 1 is 1.41 bits per heavy atom. The van der Waals surface area contributed by atoms with Gasteiger partial charge in [-0.05, 0) is 12.1 Å². The zero-order valence-electron chi connectivity index (χ0n) is 9.08. The van der Waals surface area contributed by atoms with E-state index in [2.05, 4.69) is 0 Å². The average Bonchev–Trinajstić information content (AvgIpc) is 2.14. The Bertz CT molecular complexity index is 431. The van der Waals surface area contributed by atoms with E-state index in [0.717, 1.165) is 4.90 Å². The molecule has 0 aliphatic rings. The normalized spacial score (nSPS) is 11.3. The van der Waals surface area contributed by atoms with Gasteiger partial charge in [-0.25, -0.2) is 0 Å². The van der Waals surface area contributed by atoms with E-state index in [-0.39, 0.29) is 16.9 Å². The summed E-state index contributed by atoms with van der Waals surface area (Å²) in [5, 5.41) is 0. The number of carbonyl (C=O) groups excluding carboxylic acids is 1. The standard InChI is InChI=1S/C10H12F3N3O/c1-16(5-10(11,12)13)7-4-2-3-6(8(7)14)9(15)17/h2-4H,5,14H2,1H3,(H2,15,17). The SMILES string of the molecule is CN(CC(F)(F)F)c1cccc(C(N)=O)c1N. The number of amides is 1. The molecule has 0 radical (unpaired) electrons. The lowest BCUT2D eigenvalue weighted by Crippen LogP contribution is -2.31. The molecule has 4 N–H and O–H groups in total. The first-order valence-corrected chi connectivity index (χ1v) is 4.68. The lowest BCUT2D eigenvalue weighted by Gasteiger charge is -2.23. The van der Waals surface area contributed by atoms with Crippen LogP contribution in [-0.2, 0) is 0 Å². The van der Waals surface area contributed by atoms with Crippen molar-refractivity contribution in [2.24, 2.45) is 5.73 Å². The zero-order valence-corrected chi connectivity index (χ0v) is 9.08. The van der Waals surface area contributed by atoms with Crippen LogP contribution in [0.25, 0.3) is 0 Å². The Hall–Kier alpha value is -1.92. The minimum Gasteiger partial charge on any atom is -0.396 e. The van der Waals surface area contributed by atoms with Gasteiger partial charge in [0.2, 0.25) is 0 Å². The highest BCUT2D eigenvalue weighted by molar-refractivity contribution is 6.00. The first kappa shape index (κ1) is 13.1. The van der Waals surface area contributed by atoms with E-state index in [0.29, 0.717) is 0 Å². The van der Waals surface area contributed by atoms with Crippen molar-refractivity contribution in [3.63, 3.8) is 0 Å². The number of nitrogen functional groups attached to an aromatic ring is 1. The summed E-state index contributed by atoms with van der Waals surface area (Å²) in [5.41, 5.74) is 10.7. The molecule has 17 heavy (non-hydrogen) atoms. The molecule has 0 saturated heterocycles. The number of nitrogens with zero attached hydrogens (tertiary/aromatic N) is 1. The molecule has 94 valence electrons. The number of alkyl halides is 3. The third-order valence-electron chi connectivity index (χ3n) is 2.18. The summed E-state index contributed by atoms with van der Waals surface area (Å²) < 4.78 is 36.6. The fourth-order valence-corrected chi connectivity index (χ4v) is 1.45. The predicted octanol–water partition coefficient (Wildman–Crippen LogP) is 1.37. The third kappa shape index (κ3) is 3.27. The van der Waals surface area contributed by atoms with Crippen molar-refractivity contribution in [3.05, 3.63) is 23.8 Å². The number of nitrogens with two attached hydrogens (primary N) is 2. The molecule has 0 heterocycles. The van der Waals surface area contributed by atoms with Crippen LogP contribution in [0.15, 0.2) is 18.2 Å². The van der Waals surface area contributed by atoms with Gasteiger partial charge in [-0.2, -0.15) is 13.2 Å². The van der Waals surface area contributed by atoms with E-state index in [9.17, 15) is 18.0 Å². The molecular formula is C10H12F3N3O. The van der Waals surface area contributed by atoms with Crippen molar-refractivity contribution in [3.8, 4) is 0 Å². The Morgan fingerprint density at radius 3 is 2.47 bits per heavy atom. The Kier molecular flexibility index (Phi) is 3.50. The van der Waals surface area contributed by atoms with Crippen LogP contribution in [0.3, 0.4) is 0 Å². The second kappa shape index (κ2) is 4.52. The van der Waals surface area contributed by atoms with Gasteiger partial charge < -0.3 is 16.4 Å². The second-order valence-electron chi connectivity index (χ2n) is 3.57. The van der Waals surface area contributed by atoms with Gasteiger partial charge in [0.1, 0.15) is 6.54 Å². The highest BCUT2D eigenvalue weighted by Crippen LogP contribution is 2.28. The molecule has 0 saturated carbocycles. The number of hydrogen-bond acceptors (Lipinski definition) is 3. The van der Waals surface area contributed by atoms with Crippen molar-refractivity contribution in [1.82, 2.24) is 0 Å².